The van der Waals surface area contributed by atoms with E-state index in [0.717, 1.165) is 21.3 Å². The zero-order valence-corrected chi connectivity index (χ0v) is 15.1. The van der Waals surface area contributed by atoms with E-state index in [2.05, 4.69) is 4.98 Å². The number of hydrogen-bond acceptors (Lipinski definition) is 5. The number of carbonyl (C=O) groups is 1. The van der Waals surface area contributed by atoms with Gasteiger partial charge in [-0.15, -0.1) is 0 Å². The number of amides is 1. The Morgan fingerprint density at radius 3 is 2.88 bits per heavy atom. The van der Waals surface area contributed by atoms with Gasteiger partial charge in [-0.25, -0.2) is 9.37 Å². The van der Waals surface area contributed by atoms with Gasteiger partial charge in [-0.3, -0.25) is 4.79 Å². The van der Waals surface area contributed by atoms with E-state index in [-0.39, 0.29) is 17.8 Å². The minimum Gasteiger partial charge on any atom is -0.375 e. The molecule has 0 unspecified atom stereocenters. The summed E-state index contributed by atoms with van der Waals surface area (Å²) in [7, 11) is 0. The minimum absolute atomic E-state index is 0.0441. The maximum absolute atomic E-state index is 13.1. The Morgan fingerprint density at radius 1 is 1.35 bits per heavy atom. The Bertz CT molecular complexity index is 971. The van der Waals surface area contributed by atoms with Gasteiger partial charge in [-0.2, -0.15) is 0 Å². The first-order valence-corrected chi connectivity index (χ1v) is 9.16. The van der Waals surface area contributed by atoms with E-state index in [9.17, 15) is 9.18 Å². The summed E-state index contributed by atoms with van der Waals surface area (Å²) in [6.07, 6.45) is -0.253. The number of aryl methyl sites for hydroxylation is 1. The topological polar surface area (TPSA) is 68.5 Å². The lowest BCUT2D eigenvalue weighted by atomic mass is 10.1. The third-order valence-corrected chi connectivity index (χ3v) is 5.38. The molecule has 1 aliphatic heterocycles. The Labute approximate surface area is 154 Å². The predicted octanol–water partition coefficient (Wildman–Crippen LogP) is 3.54. The van der Waals surface area contributed by atoms with Crippen LogP contribution in [-0.2, 0) is 4.74 Å². The van der Waals surface area contributed by atoms with Gasteiger partial charge in [-0.1, -0.05) is 23.5 Å². The fourth-order valence-electron chi connectivity index (χ4n) is 3.23. The molecule has 1 aromatic heterocycles. The van der Waals surface area contributed by atoms with Gasteiger partial charge in [0.05, 0.1) is 23.4 Å². The van der Waals surface area contributed by atoms with E-state index in [0.29, 0.717) is 30.4 Å². The molecule has 0 bridgehead atoms. The zero-order chi connectivity index (χ0) is 18.3. The van der Waals surface area contributed by atoms with Crippen molar-refractivity contribution in [1.82, 2.24) is 9.88 Å². The number of nitrogens with zero attached hydrogens (tertiary/aromatic N) is 2. The number of morpholine rings is 1. The Hall–Kier alpha value is -2.51. The predicted molar refractivity (Wildman–Crippen MR) is 99.8 cm³/mol. The molecule has 4 rings (SSSR count). The molecule has 7 heteroatoms. The molecule has 26 heavy (non-hydrogen) atoms. The van der Waals surface area contributed by atoms with Crippen molar-refractivity contribution in [3.63, 3.8) is 0 Å². The number of nitrogen functional groups attached to an aromatic ring is 1. The van der Waals surface area contributed by atoms with E-state index >= 15 is 0 Å². The van der Waals surface area contributed by atoms with E-state index in [1.54, 1.807) is 17.0 Å². The van der Waals surface area contributed by atoms with E-state index < -0.39 is 0 Å². The second kappa shape index (κ2) is 6.66. The van der Waals surface area contributed by atoms with Crippen molar-refractivity contribution in [2.24, 2.45) is 0 Å². The monoisotopic (exact) mass is 371 g/mol. The molecule has 1 atom stereocenters. The standard InChI is InChI=1S/C19H18FN3O2S/c1-11-8-13(9-16-17(11)22-19(21)26-16)18(24)23-6-7-25-15(10-23)12-2-4-14(20)5-3-12/h2-5,8-9,15H,6-7,10H2,1H3,(H2,21,22)/t15-/m0/s1. The van der Waals surface area contributed by atoms with Crippen LogP contribution in [0.15, 0.2) is 36.4 Å². The van der Waals surface area contributed by atoms with Crippen molar-refractivity contribution in [3.05, 3.63) is 58.9 Å². The second-order valence-electron chi connectivity index (χ2n) is 6.35. The summed E-state index contributed by atoms with van der Waals surface area (Å²) in [6.45, 7) is 3.34. The average Bonchev–Trinajstić information content (AvgIpc) is 3.03. The van der Waals surface area contributed by atoms with Gasteiger partial charge in [-0.05, 0) is 42.3 Å². The summed E-state index contributed by atoms with van der Waals surface area (Å²) in [4.78, 5) is 19.1. The molecule has 3 aromatic rings. The first kappa shape index (κ1) is 16.9. The van der Waals surface area contributed by atoms with Gasteiger partial charge in [0.25, 0.3) is 5.91 Å². The number of rotatable bonds is 2. The molecule has 2 N–H and O–H groups in total. The first-order chi connectivity index (χ1) is 12.5. The maximum Gasteiger partial charge on any atom is 0.254 e. The number of aromatic nitrogens is 1. The Morgan fingerprint density at radius 2 is 2.12 bits per heavy atom. The number of hydrogen-bond donors (Lipinski definition) is 1. The molecule has 1 amide bonds. The quantitative estimate of drug-likeness (QED) is 0.748. The summed E-state index contributed by atoms with van der Waals surface area (Å²) in [5.74, 6) is -0.331. The zero-order valence-electron chi connectivity index (χ0n) is 14.2. The number of ether oxygens (including phenoxy) is 1. The number of thiazole rings is 1. The fourth-order valence-corrected chi connectivity index (χ4v) is 4.08. The maximum atomic E-state index is 13.1. The van der Waals surface area contributed by atoms with Gasteiger partial charge in [0.2, 0.25) is 0 Å². The van der Waals surface area contributed by atoms with Gasteiger partial charge in [0.1, 0.15) is 11.9 Å². The number of fused-ring (bicyclic) bond motifs is 1. The number of anilines is 1. The smallest absolute Gasteiger partial charge is 0.254 e. The summed E-state index contributed by atoms with van der Waals surface area (Å²) in [5, 5.41) is 0.496. The molecule has 0 aliphatic carbocycles. The fraction of sp³-hybridized carbons (Fsp3) is 0.263. The van der Waals surface area contributed by atoms with Crippen LogP contribution in [0.5, 0.6) is 0 Å². The third-order valence-electron chi connectivity index (χ3n) is 4.54. The molecular weight excluding hydrogens is 353 g/mol. The van der Waals surface area contributed by atoms with Crippen molar-refractivity contribution in [2.45, 2.75) is 13.0 Å². The molecular formula is C19H18FN3O2S. The molecule has 5 nitrogen and oxygen atoms in total. The molecule has 1 fully saturated rings. The number of halogens is 1. The van der Waals surface area contributed by atoms with Gasteiger partial charge < -0.3 is 15.4 Å². The van der Waals surface area contributed by atoms with Crippen LogP contribution in [0.25, 0.3) is 10.2 Å². The summed E-state index contributed by atoms with van der Waals surface area (Å²) < 4.78 is 19.8. The summed E-state index contributed by atoms with van der Waals surface area (Å²) >= 11 is 1.38. The molecule has 134 valence electrons. The Kier molecular flexibility index (Phi) is 4.34. The third kappa shape index (κ3) is 3.15. The molecule has 2 aromatic carbocycles. The number of benzene rings is 2. The lowest BCUT2D eigenvalue weighted by Crippen LogP contribution is -2.42. The van der Waals surface area contributed by atoms with Crippen molar-refractivity contribution in [1.29, 1.82) is 0 Å². The number of carbonyl (C=O) groups excluding carboxylic acids is 1. The molecule has 2 heterocycles. The summed E-state index contributed by atoms with van der Waals surface area (Å²) in [5.41, 5.74) is 9.06. The van der Waals surface area contributed by atoms with Gasteiger partial charge in [0, 0.05) is 12.1 Å². The van der Waals surface area contributed by atoms with Crippen LogP contribution in [0.2, 0.25) is 0 Å². The first-order valence-electron chi connectivity index (χ1n) is 8.34. The SMILES string of the molecule is Cc1cc(C(=O)N2CCO[C@H](c3ccc(F)cc3)C2)cc2sc(N)nc12. The highest BCUT2D eigenvalue weighted by Gasteiger charge is 2.26. The largest absolute Gasteiger partial charge is 0.375 e. The molecule has 0 saturated carbocycles. The van der Waals surface area contributed by atoms with Crippen LogP contribution in [-0.4, -0.2) is 35.5 Å². The van der Waals surface area contributed by atoms with Crippen LogP contribution < -0.4 is 5.73 Å². The van der Waals surface area contributed by atoms with Crippen molar-refractivity contribution < 1.29 is 13.9 Å². The van der Waals surface area contributed by atoms with E-state index in [4.69, 9.17) is 10.5 Å². The Balaban J connectivity index is 1.58. The van der Waals surface area contributed by atoms with Crippen molar-refractivity contribution in [3.8, 4) is 0 Å². The lowest BCUT2D eigenvalue weighted by molar-refractivity contribution is -0.0228. The molecule has 1 saturated heterocycles. The van der Waals surface area contributed by atoms with Crippen LogP contribution in [0.3, 0.4) is 0 Å². The highest BCUT2D eigenvalue weighted by atomic mass is 32.1. The number of nitrogens with two attached hydrogens (primary N) is 1. The van der Waals surface area contributed by atoms with Crippen LogP contribution >= 0.6 is 11.3 Å². The molecule has 0 radical (unpaired) electrons. The molecule has 1 aliphatic rings. The van der Waals surface area contributed by atoms with E-state index in [1.807, 2.05) is 19.1 Å². The van der Waals surface area contributed by atoms with Crippen LogP contribution in [0.4, 0.5) is 9.52 Å². The van der Waals surface area contributed by atoms with Crippen LogP contribution in [0, 0.1) is 12.7 Å². The normalized spacial score (nSPS) is 17.6. The highest BCUT2D eigenvalue weighted by molar-refractivity contribution is 7.22. The van der Waals surface area contributed by atoms with Gasteiger partial charge in [0.15, 0.2) is 5.13 Å². The average molecular weight is 371 g/mol. The van der Waals surface area contributed by atoms with Gasteiger partial charge >= 0.3 is 0 Å². The van der Waals surface area contributed by atoms with Crippen LogP contribution in [0.1, 0.15) is 27.6 Å². The minimum atomic E-state index is -0.287. The lowest BCUT2D eigenvalue weighted by Gasteiger charge is -2.33. The summed E-state index contributed by atoms with van der Waals surface area (Å²) in [6, 6.07) is 9.91. The highest BCUT2D eigenvalue weighted by Crippen LogP contribution is 2.29. The van der Waals surface area contributed by atoms with Crippen molar-refractivity contribution >= 4 is 32.6 Å². The van der Waals surface area contributed by atoms with E-state index in [1.165, 1.54) is 23.5 Å². The van der Waals surface area contributed by atoms with Crippen molar-refractivity contribution in [2.75, 3.05) is 25.4 Å². The second-order valence-corrected chi connectivity index (χ2v) is 7.42. The molecule has 0 spiro atoms.